The number of aryl methyl sites for hydroxylation is 3. The van der Waals surface area contributed by atoms with Gasteiger partial charge in [0.2, 0.25) is 5.91 Å². The van der Waals surface area contributed by atoms with E-state index >= 15 is 0 Å². The monoisotopic (exact) mass is 467 g/mol. The van der Waals surface area contributed by atoms with Crippen LogP contribution in [0.2, 0.25) is 0 Å². The summed E-state index contributed by atoms with van der Waals surface area (Å²) in [5.74, 6) is 1.71. The molecule has 0 aliphatic carbocycles. The number of aromatic nitrogens is 2. The molecule has 0 saturated carbocycles. The van der Waals surface area contributed by atoms with Gasteiger partial charge in [0.1, 0.15) is 11.6 Å². The molecule has 0 radical (unpaired) electrons. The third-order valence-electron chi connectivity index (χ3n) is 6.09. The number of carbonyl (C=O) groups excluding carboxylic acids is 1. The number of nitrogens with one attached hydrogen (secondary N) is 1. The third-order valence-corrected chi connectivity index (χ3v) is 6.09. The van der Waals surface area contributed by atoms with E-state index in [1.807, 2.05) is 61.5 Å². The summed E-state index contributed by atoms with van der Waals surface area (Å²) >= 11 is 0. The zero-order valence-electron chi connectivity index (χ0n) is 20.7. The second-order valence-corrected chi connectivity index (χ2v) is 8.86. The fourth-order valence-electron chi connectivity index (χ4n) is 4.29. The molecule has 0 spiro atoms. The number of amides is 1. The zero-order valence-corrected chi connectivity index (χ0v) is 20.7. The number of rotatable bonds is 10. The first-order valence-corrected chi connectivity index (χ1v) is 12.2. The van der Waals surface area contributed by atoms with Gasteiger partial charge in [-0.2, -0.15) is 0 Å². The van der Waals surface area contributed by atoms with Crippen molar-refractivity contribution < 1.29 is 9.53 Å². The van der Waals surface area contributed by atoms with E-state index in [-0.39, 0.29) is 11.9 Å². The molecule has 180 valence electrons. The van der Waals surface area contributed by atoms with Gasteiger partial charge in [0, 0.05) is 12.6 Å². The van der Waals surface area contributed by atoms with Crippen LogP contribution >= 0.6 is 0 Å². The Labute approximate surface area is 207 Å². The molecule has 0 aliphatic heterocycles. The zero-order chi connectivity index (χ0) is 24.6. The largest absolute Gasteiger partial charge is 0.493 e. The summed E-state index contributed by atoms with van der Waals surface area (Å²) in [6, 6.07) is 23.9. The van der Waals surface area contributed by atoms with Crippen molar-refractivity contribution in [2.45, 2.75) is 46.2 Å². The molecule has 4 aromatic rings. The number of carbonyl (C=O) groups is 1. The highest BCUT2D eigenvalue weighted by molar-refractivity contribution is 5.92. The lowest BCUT2D eigenvalue weighted by Crippen LogP contribution is -2.27. The van der Waals surface area contributed by atoms with E-state index in [9.17, 15) is 4.79 Å². The molecule has 1 aromatic heterocycles. The minimum Gasteiger partial charge on any atom is -0.493 e. The van der Waals surface area contributed by atoms with Crippen LogP contribution in [0, 0.1) is 13.8 Å². The van der Waals surface area contributed by atoms with E-state index in [1.54, 1.807) is 6.08 Å². The van der Waals surface area contributed by atoms with Gasteiger partial charge in [-0.15, -0.1) is 0 Å². The second kappa shape index (κ2) is 11.5. The molecule has 0 saturated heterocycles. The fraction of sp³-hybridized carbons (Fsp3) is 0.267. The average molecular weight is 468 g/mol. The smallest absolute Gasteiger partial charge is 0.244 e. The highest BCUT2D eigenvalue weighted by Crippen LogP contribution is 2.24. The molecule has 3 aromatic carbocycles. The van der Waals surface area contributed by atoms with Crippen LogP contribution in [0.15, 0.2) is 78.9 Å². The SMILES string of the molecule is Cc1cccc(C)c1OCCCCn1c(C(C)NC(=O)/C=C\c2ccccc2)nc2ccccc21. The van der Waals surface area contributed by atoms with E-state index in [2.05, 4.69) is 48.0 Å². The Bertz CT molecular complexity index is 1290. The normalized spacial score (nSPS) is 12.2. The molecular weight excluding hydrogens is 434 g/mol. The van der Waals surface area contributed by atoms with Gasteiger partial charge in [-0.1, -0.05) is 60.7 Å². The van der Waals surface area contributed by atoms with Crippen LogP contribution in [0.3, 0.4) is 0 Å². The summed E-state index contributed by atoms with van der Waals surface area (Å²) in [5.41, 5.74) is 5.34. The molecule has 0 aliphatic rings. The fourth-order valence-corrected chi connectivity index (χ4v) is 4.29. The van der Waals surface area contributed by atoms with Crippen LogP contribution < -0.4 is 10.1 Å². The van der Waals surface area contributed by atoms with Crippen molar-refractivity contribution in [1.82, 2.24) is 14.9 Å². The number of fused-ring (bicyclic) bond motifs is 1. The van der Waals surface area contributed by atoms with Gasteiger partial charge < -0.3 is 14.6 Å². The van der Waals surface area contributed by atoms with Gasteiger partial charge in [-0.05, 0) is 68.5 Å². The predicted octanol–water partition coefficient (Wildman–Crippen LogP) is 6.40. The lowest BCUT2D eigenvalue weighted by Gasteiger charge is -2.16. The van der Waals surface area contributed by atoms with Crippen molar-refractivity contribution in [1.29, 1.82) is 0 Å². The van der Waals surface area contributed by atoms with Crippen LogP contribution in [0.1, 0.15) is 48.3 Å². The number of nitrogens with zero attached hydrogens (tertiary/aromatic N) is 2. The molecule has 1 amide bonds. The molecule has 1 atom stereocenters. The number of benzene rings is 3. The lowest BCUT2D eigenvalue weighted by atomic mass is 10.1. The van der Waals surface area contributed by atoms with E-state index in [1.165, 1.54) is 11.1 Å². The molecule has 1 N–H and O–H groups in total. The molecule has 5 nitrogen and oxygen atoms in total. The number of hydrogen-bond acceptors (Lipinski definition) is 3. The van der Waals surface area contributed by atoms with Crippen molar-refractivity contribution in [3.63, 3.8) is 0 Å². The first-order chi connectivity index (χ1) is 17.0. The Morgan fingerprint density at radius 3 is 2.46 bits per heavy atom. The minimum absolute atomic E-state index is 0.137. The van der Waals surface area contributed by atoms with E-state index < -0.39 is 0 Å². The van der Waals surface area contributed by atoms with Crippen LogP contribution in [0.5, 0.6) is 5.75 Å². The maximum Gasteiger partial charge on any atom is 0.244 e. The van der Waals surface area contributed by atoms with Crippen molar-refractivity contribution in [3.8, 4) is 5.75 Å². The quantitative estimate of drug-likeness (QED) is 0.217. The third kappa shape index (κ3) is 6.18. The number of para-hydroxylation sites is 3. The predicted molar refractivity (Wildman–Crippen MR) is 142 cm³/mol. The minimum atomic E-state index is -0.221. The second-order valence-electron chi connectivity index (χ2n) is 8.86. The first kappa shape index (κ1) is 24.3. The van der Waals surface area contributed by atoms with E-state index in [0.29, 0.717) is 6.61 Å². The highest BCUT2D eigenvalue weighted by Gasteiger charge is 2.17. The van der Waals surface area contributed by atoms with Crippen LogP contribution in [-0.2, 0) is 11.3 Å². The number of imidazole rings is 1. The summed E-state index contributed by atoms with van der Waals surface area (Å²) in [6.07, 6.45) is 5.28. The molecule has 0 bridgehead atoms. The van der Waals surface area contributed by atoms with Crippen molar-refractivity contribution in [2.75, 3.05) is 6.61 Å². The first-order valence-electron chi connectivity index (χ1n) is 12.2. The molecule has 35 heavy (non-hydrogen) atoms. The average Bonchev–Trinajstić information content (AvgIpc) is 3.23. The van der Waals surface area contributed by atoms with Crippen molar-refractivity contribution in [2.24, 2.45) is 0 Å². The van der Waals surface area contributed by atoms with Gasteiger partial charge in [0.15, 0.2) is 0 Å². The van der Waals surface area contributed by atoms with E-state index in [4.69, 9.17) is 9.72 Å². The summed E-state index contributed by atoms with van der Waals surface area (Å²) in [6.45, 7) is 7.63. The Morgan fingerprint density at radius 1 is 0.971 bits per heavy atom. The maximum atomic E-state index is 12.6. The van der Waals surface area contributed by atoms with Crippen LogP contribution in [0.4, 0.5) is 0 Å². The molecule has 5 heteroatoms. The summed E-state index contributed by atoms with van der Waals surface area (Å²) in [4.78, 5) is 17.4. The van der Waals surface area contributed by atoms with Gasteiger partial charge in [-0.3, -0.25) is 4.79 Å². The maximum absolute atomic E-state index is 12.6. The topological polar surface area (TPSA) is 56.1 Å². The highest BCUT2D eigenvalue weighted by atomic mass is 16.5. The van der Waals surface area contributed by atoms with Gasteiger partial charge in [0.05, 0.1) is 23.7 Å². The molecule has 4 rings (SSSR count). The van der Waals surface area contributed by atoms with Gasteiger partial charge in [0.25, 0.3) is 0 Å². The van der Waals surface area contributed by atoms with E-state index in [0.717, 1.165) is 47.6 Å². The van der Waals surface area contributed by atoms with Crippen molar-refractivity contribution >= 4 is 23.0 Å². The van der Waals surface area contributed by atoms with Crippen molar-refractivity contribution in [3.05, 3.63) is 101 Å². The molecule has 0 fully saturated rings. The van der Waals surface area contributed by atoms with Crippen LogP contribution in [0.25, 0.3) is 17.1 Å². The Morgan fingerprint density at radius 2 is 1.69 bits per heavy atom. The Balaban J connectivity index is 1.40. The Kier molecular flexibility index (Phi) is 7.99. The Hall–Kier alpha value is -3.86. The lowest BCUT2D eigenvalue weighted by molar-refractivity contribution is -0.117. The standard InChI is InChI=1S/C30H33N3O2/c1-22-12-11-13-23(2)29(22)35-21-10-9-20-33-27-17-8-7-16-26(27)32-30(33)24(3)31-28(34)19-18-25-14-5-4-6-15-25/h4-8,11-19,24H,9-10,20-21H2,1-3H3,(H,31,34)/b19-18-. The molecule has 1 heterocycles. The number of ether oxygens (including phenoxy) is 1. The molecular formula is C30H33N3O2. The summed E-state index contributed by atoms with van der Waals surface area (Å²) < 4.78 is 8.30. The van der Waals surface area contributed by atoms with Crippen LogP contribution in [-0.4, -0.2) is 22.1 Å². The summed E-state index contributed by atoms with van der Waals surface area (Å²) in [5, 5.41) is 3.07. The summed E-state index contributed by atoms with van der Waals surface area (Å²) in [7, 11) is 0. The van der Waals surface area contributed by atoms with Gasteiger partial charge in [-0.25, -0.2) is 4.98 Å². The van der Waals surface area contributed by atoms with Gasteiger partial charge >= 0.3 is 0 Å². The molecule has 1 unspecified atom stereocenters. The number of hydrogen-bond donors (Lipinski definition) is 1. The number of unbranched alkanes of at least 4 members (excludes halogenated alkanes) is 1.